The van der Waals surface area contributed by atoms with Gasteiger partial charge in [0.25, 0.3) is 0 Å². The molecule has 1 aromatic carbocycles. The van der Waals surface area contributed by atoms with E-state index in [0.29, 0.717) is 6.04 Å². The van der Waals surface area contributed by atoms with Crippen LogP contribution in [-0.2, 0) is 0 Å². The zero-order valence-corrected chi connectivity index (χ0v) is 12.4. The minimum Gasteiger partial charge on any atom is -0.309 e. The summed E-state index contributed by atoms with van der Waals surface area (Å²) in [6.45, 7) is 5.78. The Morgan fingerprint density at radius 1 is 1.28 bits per heavy atom. The summed E-state index contributed by atoms with van der Waals surface area (Å²) in [5, 5.41) is 4.62. The van der Waals surface area contributed by atoms with Gasteiger partial charge in [0.15, 0.2) is 0 Å². The Bertz CT molecular complexity index is 330. The Labute approximate surface area is 116 Å². The SMILES string of the molecule is CC(C)CC(NCC1CCCS1)c1ccccc1. The summed E-state index contributed by atoms with van der Waals surface area (Å²) in [6, 6.07) is 11.4. The Morgan fingerprint density at radius 2 is 2.06 bits per heavy atom. The third-order valence-corrected chi connectivity index (χ3v) is 4.92. The molecule has 0 radical (unpaired) electrons. The molecule has 0 spiro atoms. The second-order valence-corrected chi connectivity index (χ2v) is 7.04. The Kier molecular flexibility index (Phi) is 5.58. The first kappa shape index (κ1) is 14.0. The lowest BCUT2D eigenvalue weighted by molar-refractivity contribution is 0.428. The summed E-state index contributed by atoms with van der Waals surface area (Å²) >= 11 is 2.14. The third-order valence-electron chi connectivity index (χ3n) is 3.52. The van der Waals surface area contributed by atoms with E-state index in [4.69, 9.17) is 0 Å². The number of hydrogen-bond acceptors (Lipinski definition) is 2. The van der Waals surface area contributed by atoms with Crippen LogP contribution in [0.1, 0.15) is 44.7 Å². The van der Waals surface area contributed by atoms with Crippen molar-refractivity contribution in [2.75, 3.05) is 12.3 Å². The van der Waals surface area contributed by atoms with E-state index in [1.165, 1.54) is 30.6 Å². The largest absolute Gasteiger partial charge is 0.309 e. The van der Waals surface area contributed by atoms with Crippen LogP contribution in [0.4, 0.5) is 0 Å². The number of thioether (sulfide) groups is 1. The van der Waals surface area contributed by atoms with Gasteiger partial charge >= 0.3 is 0 Å². The van der Waals surface area contributed by atoms with Crippen LogP contribution in [0.25, 0.3) is 0 Å². The van der Waals surface area contributed by atoms with Crippen molar-refractivity contribution in [2.45, 2.75) is 44.4 Å². The second-order valence-electron chi connectivity index (χ2n) is 5.64. The van der Waals surface area contributed by atoms with Crippen LogP contribution in [0, 0.1) is 5.92 Å². The zero-order valence-electron chi connectivity index (χ0n) is 11.6. The molecule has 1 nitrogen and oxygen atoms in total. The monoisotopic (exact) mass is 263 g/mol. The van der Waals surface area contributed by atoms with Gasteiger partial charge in [0, 0.05) is 17.8 Å². The van der Waals surface area contributed by atoms with E-state index < -0.39 is 0 Å². The lowest BCUT2D eigenvalue weighted by Gasteiger charge is -2.23. The molecule has 1 fully saturated rings. The molecule has 100 valence electrons. The van der Waals surface area contributed by atoms with Gasteiger partial charge in [0.2, 0.25) is 0 Å². The van der Waals surface area contributed by atoms with Crippen molar-refractivity contribution in [3.05, 3.63) is 35.9 Å². The number of benzene rings is 1. The van der Waals surface area contributed by atoms with E-state index in [1.54, 1.807) is 0 Å². The molecule has 2 atom stereocenters. The molecule has 0 amide bonds. The highest BCUT2D eigenvalue weighted by molar-refractivity contribution is 8.00. The average Bonchev–Trinajstić information content (AvgIpc) is 2.88. The molecule has 0 bridgehead atoms. The van der Waals surface area contributed by atoms with Gasteiger partial charge in [-0.05, 0) is 36.5 Å². The molecule has 1 aliphatic rings. The van der Waals surface area contributed by atoms with Crippen LogP contribution in [0.2, 0.25) is 0 Å². The van der Waals surface area contributed by atoms with Crippen LogP contribution in [0.15, 0.2) is 30.3 Å². The first-order valence-corrected chi connectivity index (χ1v) is 8.20. The molecule has 2 heteroatoms. The highest BCUT2D eigenvalue weighted by Crippen LogP contribution is 2.27. The number of hydrogen-bond donors (Lipinski definition) is 1. The number of rotatable bonds is 6. The van der Waals surface area contributed by atoms with Crippen LogP contribution in [-0.4, -0.2) is 17.5 Å². The van der Waals surface area contributed by atoms with Gasteiger partial charge < -0.3 is 5.32 Å². The van der Waals surface area contributed by atoms with Crippen molar-refractivity contribution >= 4 is 11.8 Å². The number of nitrogens with one attached hydrogen (secondary N) is 1. The van der Waals surface area contributed by atoms with E-state index in [0.717, 1.165) is 17.7 Å². The Balaban J connectivity index is 1.92. The smallest absolute Gasteiger partial charge is 0.0323 e. The summed E-state index contributed by atoms with van der Waals surface area (Å²) in [7, 11) is 0. The first-order valence-electron chi connectivity index (χ1n) is 7.15. The maximum absolute atomic E-state index is 3.79. The van der Waals surface area contributed by atoms with Gasteiger partial charge in [-0.1, -0.05) is 44.2 Å². The third kappa shape index (κ3) is 4.33. The molecule has 1 N–H and O–H groups in total. The normalized spacial score (nSPS) is 21.4. The fraction of sp³-hybridized carbons (Fsp3) is 0.625. The zero-order chi connectivity index (χ0) is 12.8. The van der Waals surface area contributed by atoms with Crippen LogP contribution in [0.3, 0.4) is 0 Å². The van der Waals surface area contributed by atoms with E-state index >= 15 is 0 Å². The molecule has 0 aliphatic carbocycles. The molecule has 1 saturated heterocycles. The van der Waals surface area contributed by atoms with Crippen molar-refractivity contribution < 1.29 is 0 Å². The first-order chi connectivity index (χ1) is 8.75. The minimum atomic E-state index is 0.521. The van der Waals surface area contributed by atoms with Gasteiger partial charge in [-0.25, -0.2) is 0 Å². The second kappa shape index (κ2) is 7.20. The average molecular weight is 263 g/mol. The lowest BCUT2D eigenvalue weighted by atomic mass is 9.97. The Hall–Kier alpha value is -0.470. The van der Waals surface area contributed by atoms with Crippen molar-refractivity contribution in [1.29, 1.82) is 0 Å². The van der Waals surface area contributed by atoms with Gasteiger partial charge in [-0.2, -0.15) is 11.8 Å². The van der Waals surface area contributed by atoms with Gasteiger partial charge in [0.1, 0.15) is 0 Å². The minimum absolute atomic E-state index is 0.521. The maximum Gasteiger partial charge on any atom is 0.0323 e. The molecular weight excluding hydrogens is 238 g/mol. The summed E-state index contributed by atoms with van der Waals surface area (Å²) in [4.78, 5) is 0. The van der Waals surface area contributed by atoms with E-state index in [2.05, 4.69) is 61.3 Å². The topological polar surface area (TPSA) is 12.0 Å². The molecule has 1 heterocycles. The molecule has 2 unspecified atom stereocenters. The molecule has 2 rings (SSSR count). The quantitative estimate of drug-likeness (QED) is 0.823. The molecule has 0 saturated carbocycles. The predicted octanol–water partition coefficient (Wildman–Crippen LogP) is 4.26. The van der Waals surface area contributed by atoms with Crippen LogP contribution >= 0.6 is 11.8 Å². The summed E-state index contributed by atoms with van der Waals surface area (Å²) in [5.74, 6) is 2.09. The Morgan fingerprint density at radius 3 is 2.67 bits per heavy atom. The van der Waals surface area contributed by atoms with Gasteiger partial charge in [0.05, 0.1) is 0 Å². The fourth-order valence-electron chi connectivity index (χ4n) is 2.57. The highest BCUT2D eigenvalue weighted by atomic mass is 32.2. The molecule has 18 heavy (non-hydrogen) atoms. The molecule has 0 aromatic heterocycles. The van der Waals surface area contributed by atoms with E-state index in [9.17, 15) is 0 Å². The summed E-state index contributed by atoms with van der Waals surface area (Å²) in [6.07, 6.45) is 4.01. The summed E-state index contributed by atoms with van der Waals surface area (Å²) in [5.41, 5.74) is 1.44. The van der Waals surface area contributed by atoms with Crippen LogP contribution in [0.5, 0.6) is 0 Å². The standard InChI is InChI=1S/C16H25NS/c1-13(2)11-16(14-7-4-3-5-8-14)17-12-15-9-6-10-18-15/h3-5,7-8,13,15-17H,6,9-12H2,1-2H3. The van der Waals surface area contributed by atoms with Crippen molar-refractivity contribution in [1.82, 2.24) is 5.32 Å². The van der Waals surface area contributed by atoms with Crippen molar-refractivity contribution in [2.24, 2.45) is 5.92 Å². The van der Waals surface area contributed by atoms with Gasteiger partial charge in [-0.15, -0.1) is 0 Å². The lowest BCUT2D eigenvalue weighted by Crippen LogP contribution is -2.28. The molecule has 1 aromatic rings. The molecule has 1 aliphatic heterocycles. The van der Waals surface area contributed by atoms with Crippen molar-refractivity contribution in [3.8, 4) is 0 Å². The predicted molar refractivity (Wildman–Crippen MR) is 82.1 cm³/mol. The fourth-order valence-corrected chi connectivity index (χ4v) is 3.79. The summed E-state index contributed by atoms with van der Waals surface area (Å²) < 4.78 is 0. The highest BCUT2D eigenvalue weighted by Gasteiger charge is 2.18. The van der Waals surface area contributed by atoms with Crippen molar-refractivity contribution in [3.63, 3.8) is 0 Å². The van der Waals surface area contributed by atoms with E-state index in [-0.39, 0.29) is 0 Å². The van der Waals surface area contributed by atoms with Crippen LogP contribution < -0.4 is 5.32 Å². The molecular formula is C16H25NS. The van der Waals surface area contributed by atoms with E-state index in [1.807, 2.05) is 0 Å². The maximum atomic E-state index is 3.79. The van der Waals surface area contributed by atoms with Gasteiger partial charge in [-0.3, -0.25) is 0 Å².